The van der Waals surface area contributed by atoms with Gasteiger partial charge in [-0.25, -0.2) is 0 Å². The number of Topliss-reactive ketones (excluding diaryl/α,β-unsaturated/α-hetero) is 1. The first-order valence-electron chi connectivity index (χ1n) is 6.50. The van der Waals surface area contributed by atoms with Gasteiger partial charge >= 0.3 is 0 Å². The Morgan fingerprint density at radius 1 is 1.40 bits per heavy atom. The topological polar surface area (TPSA) is 46.6 Å². The molecule has 20 heavy (non-hydrogen) atoms. The van der Waals surface area contributed by atoms with Crippen LogP contribution in [0.1, 0.15) is 29.8 Å². The second kappa shape index (κ2) is 5.66. The average Bonchev–Trinajstić information content (AvgIpc) is 2.79. The van der Waals surface area contributed by atoms with E-state index in [-0.39, 0.29) is 18.3 Å². The molecule has 2 rings (SSSR count). The number of rotatable bonds is 4. The van der Waals surface area contributed by atoms with Crippen LogP contribution in [0.2, 0.25) is 0 Å². The predicted octanol–water partition coefficient (Wildman–Crippen LogP) is 2.58. The van der Waals surface area contributed by atoms with Crippen molar-refractivity contribution in [3.63, 3.8) is 0 Å². The van der Waals surface area contributed by atoms with Crippen molar-refractivity contribution in [3.8, 4) is 0 Å². The number of hydrogen-bond donors (Lipinski definition) is 0. The van der Waals surface area contributed by atoms with Crippen LogP contribution in [0.25, 0.3) is 0 Å². The van der Waals surface area contributed by atoms with Crippen molar-refractivity contribution in [1.29, 1.82) is 0 Å². The highest BCUT2D eigenvalue weighted by Gasteiger charge is 2.28. The number of hydrogen-bond acceptors (Lipinski definition) is 3. The molecule has 0 spiro atoms. The summed E-state index contributed by atoms with van der Waals surface area (Å²) < 4.78 is 4.31. The molecular weight excluding hydrogens is 322 g/mol. The normalized spacial score (nSPS) is 14.3. The number of nitrogens with zero attached hydrogens (tertiary/aromatic N) is 1. The summed E-state index contributed by atoms with van der Waals surface area (Å²) in [5.41, 5.74) is 2.60. The SMILES string of the molecule is COCC(=O)N1CCc2cc(C(=O)C(C)(C)Br)ccc21. The molecule has 0 N–H and O–H groups in total. The molecule has 1 aliphatic rings. The van der Waals surface area contributed by atoms with Crippen LogP contribution in [-0.2, 0) is 16.0 Å². The smallest absolute Gasteiger partial charge is 0.252 e. The number of halogens is 1. The number of methoxy groups -OCH3 is 1. The van der Waals surface area contributed by atoms with Gasteiger partial charge in [-0.15, -0.1) is 0 Å². The first kappa shape index (κ1) is 15.2. The lowest BCUT2D eigenvalue weighted by molar-refractivity contribution is -0.122. The van der Waals surface area contributed by atoms with E-state index < -0.39 is 4.32 Å². The van der Waals surface area contributed by atoms with Crippen LogP contribution < -0.4 is 4.90 Å². The monoisotopic (exact) mass is 339 g/mol. The largest absolute Gasteiger partial charge is 0.375 e. The van der Waals surface area contributed by atoms with Gasteiger partial charge < -0.3 is 9.64 Å². The van der Waals surface area contributed by atoms with Crippen LogP contribution in [0.4, 0.5) is 5.69 Å². The van der Waals surface area contributed by atoms with Crippen molar-refractivity contribution in [1.82, 2.24) is 0 Å². The van der Waals surface area contributed by atoms with Crippen molar-refractivity contribution in [2.24, 2.45) is 0 Å². The molecule has 1 aromatic rings. The summed E-state index contributed by atoms with van der Waals surface area (Å²) in [5, 5.41) is 0. The van der Waals surface area contributed by atoms with E-state index in [0.717, 1.165) is 17.7 Å². The third kappa shape index (κ3) is 2.94. The van der Waals surface area contributed by atoms with E-state index in [2.05, 4.69) is 15.9 Å². The zero-order valence-corrected chi connectivity index (χ0v) is 13.5. The lowest BCUT2D eigenvalue weighted by atomic mass is 9.98. The fraction of sp³-hybridized carbons (Fsp3) is 0.467. The zero-order chi connectivity index (χ0) is 14.9. The van der Waals surface area contributed by atoms with Gasteiger partial charge in [0.1, 0.15) is 6.61 Å². The van der Waals surface area contributed by atoms with Gasteiger partial charge in [-0.3, -0.25) is 9.59 Å². The average molecular weight is 340 g/mol. The lowest BCUT2D eigenvalue weighted by Gasteiger charge is -2.18. The molecule has 0 fully saturated rings. The van der Waals surface area contributed by atoms with Crippen molar-refractivity contribution >= 4 is 33.3 Å². The van der Waals surface area contributed by atoms with E-state index in [1.54, 1.807) is 11.0 Å². The van der Waals surface area contributed by atoms with Crippen molar-refractivity contribution < 1.29 is 14.3 Å². The second-order valence-corrected chi connectivity index (χ2v) is 7.36. The number of carbonyl (C=O) groups is 2. The molecule has 0 unspecified atom stereocenters. The summed E-state index contributed by atoms with van der Waals surface area (Å²) in [6.07, 6.45) is 0.772. The molecule has 1 aromatic carbocycles. The Morgan fingerprint density at radius 3 is 2.70 bits per heavy atom. The maximum Gasteiger partial charge on any atom is 0.252 e. The van der Waals surface area contributed by atoms with Crippen LogP contribution >= 0.6 is 15.9 Å². The third-order valence-electron chi connectivity index (χ3n) is 3.35. The van der Waals surface area contributed by atoms with E-state index in [1.807, 2.05) is 26.0 Å². The number of ether oxygens (including phenoxy) is 1. The number of carbonyl (C=O) groups excluding carboxylic acids is 2. The Kier molecular flexibility index (Phi) is 4.30. The van der Waals surface area contributed by atoms with Crippen LogP contribution in [0, 0.1) is 0 Å². The molecule has 1 amide bonds. The fourth-order valence-corrected chi connectivity index (χ4v) is 2.58. The predicted molar refractivity (Wildman–Crippen MR) is 81.7 cm³/mol. The first-order valence-corrected chi connectivity index (χ1v) is 7.30. The molecule has 4 nitrogen and oxygen atoms in total. The van der Waals surface area contributed by atoms with Crippen LogP contribution in [0.15, 0.2) is 18.2 Å². The molecule has 1 aliphatic heterocycles. The van der Waals surface area contributed by atoms with E-state index in [1.165, 1.54) is 7.11 Å². The molecule has 0 saturated carbocycles. The van der Waals surface area contributed by atoms with Gasteiger partial charge in [-0.05, 0) is 44.0 Å². The molecule has 0 aromatic heterocycles. The number of anilines is 1. The van der Waals surface area contributed by atoms with Crippen molar-refractivity contribution in [2.45, 2.75) is 24.6 Å². The Balaban J connectivity index is 2.27. The van der Waals surface area contributed by atoms with E-state index in [4.69, 9.17) is 4.74 Å². The third-order valence-corrected chi connectivity index (χ3v) is 3.71. The highest BCUT2D eigenvalue weighted by atomic mass is 79.9. The minimum atomic E-state index is -0.578. The Bertz CT molecular complexity index is 549. The number of ketones is 1. The van der Waals surface area contributed by atoms with Gasteiger partial charge in [0.15, 0.2) is 5.78 Å². The van der Waals surface area contributed by atoms with Crippen LogP contribution in [0.5, 0.6) is 0 Å². The van der Waals surface area contributed by atoms with E-state index >= 15 is 0 Å². The van der Waals surface area contributed by atoms with Crippen molar-refractivity contribution in [2.75, 3.05) is 25.2 Å². The summed E-state index contributed by atoms with van der Waals surface area (Å²) in [6, 6.07) is 5.52. The molecular formula is C15H18BrNO3. The molecule has 5 heteroatoms. The van der Waals surface area contributed by atoms with Gasteiger partial charge in [-0.2, -0.15) is 0 Å². The van der Waals surface area contributed by atoms with Crippen molar-refractivity contribution in [3.05, 3.63) is 29.3 Å². The molecule has 0 radical (unpaired) electrons. The van der Waals surface area contributed by atoms with Gasteiger partial charge in [0.2, 0.25) is 0 Å². The Labute approximate surface area is 127 Å². The van der Waals surface area contributed by atoms with Gasteiger partial charge in [-0.1, -0.05) is 15.9 Å². The summed E-state index contributed by atoms with van der Waals surface area (Å²) in [5.74, 6) is -0.00637. The number of alkyl halides is 1. The van der Waals surface area contributed by atoms with Gasteiger partial charge in [0.05, 0.1) is 4.32 Å². The minimum absolute atomic E-state index is 0.0435. The molecule has 108 valence electrons. The van der Waals surface area contributed by atoms with Gasteiger partial charge in [0, 0.05) is 24.9 Å². The number of fused-ring (bicyclic) bond motifs is 1. The molecule has 0 bridgehead atoms. The second-order valence-electron chi connectivity index (χ2n) is 5.37. The zero-order valence-electron chi connectivity index (χ0n) is 11.9. The summed E-state index contributed by atoms with van der Waals surface area (Å²) in [4.78, 5) is 25.9. The maximum atomic E-state index is 12.2. The maximum absolute atomic E-state index is 12.2. The first-order chi connectivity index (χ1) is 9.34. The highest BCUT2D eigenvalue weighted by molar-refractivity contribution is 9.10. The van der Waals surface area contributed by atoms with Gasteiger partial charge in [0.25, 0.3) is 5.91 Å². The Morgan fingerprint density at radius 2 is 2.10 bits per heavy atom. The van der Waals surface area contributed by atoms with Crippen LogP contribution in [0.3, 0.4) is 0 Å². The van der Waals surface area contributed by atoms with E-state index in [9.17, 15) is 9.59 Å². The fourth-order valence-electron chi connectivity index (χ4n) is 2.35. The lowest BCUT2D eigenvalue weighted by Crippen LogP contribution is -2.32. The molecule has 1 heterocycles. The molecule has 0 saturated heterocycles. The number of amides is 1. The summed E-state index contributed by atoms with van der Waals surface area (Å²) >= 11 is 3.39. The minimum Gasteiger partial charge on any atom is -0.375 e. The number of benzene rings is 1. The standard InChI is InChI=1S/C15H18BrNO3/c1-15(2,16)14(19)11-4-5-12-10(8-11)6-7-17(12)13(18)9-20-3/h4-5,8H,6-7,9H2,1-3H3. The van der Waals surface area contributed by atoms with Crippen LogP contribution in [-0.4, -0.2) is 36.3 Å². The Hall–Kier alpha value is -1.20. The quantitative estimate of drug-likeness (QED) is 0.625. The summed E-state index contributed by atoms with van der Waals surface area (Å²) in [7, 11) is 1.51. The highest BCUT2D eigenvalue weighted by Crippen LogP contribution is 2.31. The van der Waals surface area contributed by atoms with E-state index in [0.29, 0.717) is 12.1 Å². The molecule has 0 atom stereocenters. The molecule has 0 aliphatic carbocycles. The summed E-state index contributed by atoms with van der Waals surface area (Å²) in [6.45, 7) is 4.38.